The zero-order chi connectivity index (χ0) is 19.6. The first kappa shape index (κ1) is 18.9. The number of benzene rings is 3. The minimum Gasteiger partial charge on any atom is -0.496 e. The van der Waals surface area contributed by atoms with E-state index in [1.54, 1.807) is 26.4 Å². The fourth-order valence-electron chi connectivity index (χ4n) is 3.05. The average molecular weight is 383 g/mol. The quantitative estimate of drug-likeness (QED) is 0.722. The molecule has 0 atom stereocenters. The molecule has 6 heteroatoms. The van der Waals surface area contributed by atoms with Crippen molar-refractivity contribution >= 4 is 10.0 Å². The highest BCUT2D eigenvalue weighted by molar-refractivity contribution is 7.89. The van der Waals surface area contributed by atoms with E-state index < -0.39 is 10.0 Å². The van der Waals surface area contributed by atoms with E-state index >= 15 is 0 Å². The zero-order valence-electron chi connectivity index (χ0n) is 15.4. The van der Waals surface area contributed by atoms with Crippen LogP contribution < -0.4 is 14.6 Å². The van der Waals surface area contributed by atoms with Gasteiger partial charge in [0.1, 0.15) is 11.5 Å². The van der Waals surface area contributed by atoms with Gasteiger partial charge in [-0.15, -0.1) is 0 Å². The topological polar surface area (TPSA) is 78.6 Å². The molecule has 0 aliphatic rings. The number of nitrogens with two attached hydrogens (primary N) is 1. The normalized spacial score (nSPS) is 11.3. The molecule has 0 unspecified atom stereocenters. The second-order valence-corrected chi connectivity index (χ2v) is 7.68. The molecular formula is C21H21NO4S. The lowest BCUT2D eigenvalue weighted by atomic mass is 9.93. The molecular weight excluding hydrogens is 362 g/mol. The van der Waals surface area contributed by atoms with Crippen LogP contribution in [0.5, 0.6) is 11.5 Å². The van der Waals surface area contributed by atoms with Crippen molar-refractivity contribution in [3.63, 3.8) is 0 Å². The Balaban J connectivity index is 2.15. The molecule has 0 aromatic heterocycles. The van der Waals surface area contributed by atoms with E-state index in [4.69, 9.17) is 14.6 Å². The van der Waals surface area contributed by atoms with Crippen LogP contribution >= 0.6 is 0 Å². The number of hydrogen-bond acceptors (Lipinski definition) is 4. The summed E-state index contributed by atoms with van der Waals surface area (Å²) in [6, 6.07) is 18.3. The van der Waals surface area contributed by atoms with Crippen molar-refractivity contribution in [1.82, 2.24) is 0 Å². The third-order valence-electron chi connectivity index (χ3n) is 4.48. The van der Waals surface area contributed by atoms with E-state index in [-0.39, 0.29) is 4.90 Å². The molecule has 3 aromatic carbocycles. The Morgan fingerprint density at radius 2 is 1.26 bits per heavy atom. The number of hydrogen-bond donors (Lipinski definition) is 1. The van der Waals surface area contributed by atoms with Gasteiger partial charge in [0.25, 0.3) is 0 Å². The minimum atomic E-state index is -3.72. The van der Waals surface area contributed by atoms with Crippen molar-refractivity contribution in [2.45, 2.75) is 11.8 Å². The monoisotopic (exact) mass is 383 g/mol. The molecule has 0 amide bonds. The summed E-state index contributed by atoms with van der Waals surface area (Å²) in [6.45, 7) is 1.94. The largest absolute Gasteiger partial charge is 0.496 e. The van der Waals surface area contributed by atoms with Crippen molar-refractivity contribution < 1.29 is 17.9 Å². The van der Waals surface area contributed by atoms with E-state index in [9.17, 15) is 8.42 Å². The van der Waals surface area contributed by atoms with E-state index in [1.807, 2.05) is 43.3 Å². The SMILES string of the molecule is COc1cc(-c2ccccc2-c2ccc(S(N)(=O)=O)cc2)cc(OC)c1C. The Kier molecular flexibility index (Phi) is 5.21. The summed E-state index contributed by atoms with van der Waals surface area (Å²) in [5.74, 6) is 1.48. The average Bonchev–Trinajstić information content (AvgIpc) is 2.67. The fraction of sp³-hybridized carbons (Fsp3) is 0.143. The summed E-state index contributed by atoms with van der Waals surface area (Å²) in [7, 11) is -0.463. The first-order chi connectivity index (χ1) is 12.8. The van der Waals surface area contributed by atoms with E-state index in [2.05, 4.69) is 0 Å². The Morgan fingerprint density at radius 3 is 1.70 bits per heavy atom. The number of methoxy groups -OCH3 is 2. The Bertz CT molecular complexity index is 1050. The summed E-state index contributed by atoms with van der Waals surface area (Å²) in [4.78, 5) is 0.0856. The van der Waals surface area contributed by atoms with Crippen LogP contribution in [0.1, 0.15) is 5.56 Å². The highest BCUT2D eigenvalue weighted by Gasteiger charge is 2.14. The number of primary sulfonamides is 1. The molecule has 3 rings (SSSR count). The molecule has 0 fully saturated rings. The molecule has 2 N–H and O–H groups in total. The molecule has 0 saturated carbocycles. The zero-order valence-corrected chi connectivity index (χ0v) is 16.2. The van der Waals surface area contributed by atoms with Gasteiger partial charge in [0.15, 0.2) is 0 Å². The van der Waals surface area contributed by atoms with Gasteiger partial charge in [-0.25, -0.2) is 13.6 Å². The van der Waals surface area contributed by atoms with Gasteiger partial charge in [0.2, 0.25) is 10.0 Å². The molecule has 0 radical (unpaired) electrons. The van der Waals surface area contributed by atoms with Gasteiger partial charge in [-0.2, -0.15) is 0 Å². The third-order valence-corrected chi connectivity index (χ3v) is 5.41. The smallest absolute Gasteiger partial charge is 0.238 e. The summed E-state index contributed by atoms with van der Waals surface area (Å²) < 4.78 is 34.0. The van der Waals surface area contributed by atoms with Gasteiger partial charge >= 0.3 is 0 Å². The molecule has 5 nitrogen and oxygen atoms in total. The number of rotatable bonds is 5. The molecule has 0 heterocycles. The van der Waals surface area contributed by atoms with Crippen molar-refractivity contribution in [3.05, 3.63) is 66.2 Å². The van der Waals surface area contributed by atoms with Crippen molar-refractivity contribution in [2.24, 2.45) is 5.14 Å². The predicted molar refractivity (Wildman–Crippen MR) is 107 cm³/mol. The number of sulfonamides is 1. The highest BCUT2D eigenvalue weighted by Crippen LogP contribution is 2.38. The molecule has 3 aromatic rings. The predicted octanol–water partition coefficient (Wildman–Crippen LogP) is 3.99. The van der Waals surface area contributed by atoms with Crippen LogP contribution in [0, 0.1) is 6.92 Å². The third kappa shape index (κ3) is 3.82. The standard InChI is InChI=1S/C21H21NO4S/c1-14-20(25-2)12-16(13-21(14)26-3)19-7-5-4-6-18(19)15-8-10-17(11-9-15)27(22,23)24/h4-13H,1-3H3,(H2,22,23,24). The lowest BCUT2D eigenvalue weighted by Gasteiger charge is -2.15. The molecule has 0 aliphatic carbocycles. The summed E-state index contributed by atoms with van der Waals surface area (Å²) in [5, 5.41) is 5.19. The van der Waals surface area contributed by atoms with Crippen molar-refractivity contribution in [1.29, 1.82) is 0 Å². The van der Waals surface area contributed by atoms with Crippen LogP contribution in [-0.4, -0.2) is 22.6 Å². The minimum absolute atomic E-state index is 0.0856. The number of ether oxygens (including phenoxy) is 2. The molecule has 0 spiro atoms. The molecule has 140 valence electrons. The summed E-state index contributed by atoms with van der Waals surface area (Å²) in [5.41, 5.74) is 4.71. The van der Waals surface area contributed by atoms with Crippen molar-refractivity contribution in [2.75, 3.05) is 14.2 Å². The molecule has 0 saturated heterocycles. The van der Waals surface area contributed by atoms with Crippen LogP contribution in [0.3, 0.4) is 0 Å². The summed E-state index contributed by atoms with van der Waals surface area (Å²) >= 11 is 0. The Labute approximate surface area is 159 Å². The van der Waals surface area contributed by atoms with Crippen LogP contribution in [0.4, 0.5) is 0 Å². The first-order valence-corrected chi connectivity index (χ1v) is 9.85. The van der Waals surface area contributed by atoms with Crippen LogP contribution in [0.15, 0.2) is 65.6 Å². The lowest BCUT2D eigenvalue weighted by Crippen LogP contribution is -2.11. The van der Waals surface area contributed by atoms with Gasteiger partial charge in [-0.1, -0.05) is 36.4 Å². The molecule has 27 heavy (non-hydrogen) atoms. The summed E-state index contributed by atoms with van der Waals surface area (Å²) in [6.07, 6.45) is 0. The lowest BCUT2D eigenvalue weighted by molar-refractivity contribution is 0.389. The van der Waals surface area contributed by atoms with Gasteiger partial charge in [0.05, 0.1) is 19.1 Å². The van der Waals surface area contributed by atoms with Crippen molar-refractivity contribution in [3.8, 4) is 33.8 Å². The molecule has 0 bridgehead atoms. The Hall–Kier alpha value is -2.83. The first-order valence-electron chi connectivity index (χ1n) is 8.30. The maximum Gasteiger partial charge on any atom is 0.238 e. The van der Waals surface area contributed by atoms with Crippen LogP contribution in [0.2, 0.25) is 0 Å². The van der Waals surface area contributed by atoms with E-state index in [0.29, 0.717) is 0 Å². The molecule has 0 aliphatic heterocycles. The van der Waals surface area contributed by atoms with Crippen LogP contribution in [-0.2, 0) is 10.0 Å². The van der Waals surface area contributed by atoms with Gasteiger partial charge in [0, 0.05) is 5.56 Å². The van der Waals surface area contributed by atoms with E-state index in [0.717, 1.165) is 39.3 Å². The second kappa shape index (κ2) is 7.42. The van der Waals surface area contributed by atoms with Gasteiger partial charge in [-0.3, -0.25) is 0 Å². The van der Waals surface area contributed by atoms with Gasteiger partial charge in [-0.05, 0) is 53.4 Å². The highest BCUT2D eigenvalue weighted by atomic mass is 32.2. The fourth-order valence-corrected chi connectivity index (χ4v) is 3.57. The maximum absolute atomic E-state index is 11.5. The van der Waals surface area contributed by atoms with Crippen LogP contribution in [0.25, 0.3) is 22.3 Å². The second-order valence-electron chi connectivity index (χ2n) is 6.12. The maximum atomic E-state index is 11.5. The Morgan fingerprint density at radius 1 is 0.778 bits per heavy atom. The van der Waals surface area contributed by atoms with E-state index in [1.165, 1.54) is 12.1 Å². The van der Waals surface area contributed by atoms with Gasteiger partial charge < -0.3 is 9.47 Å².